The molecule has 2 rings (SSSR count). The van der Waals surface area contributed by atoms with Gasteiger partial charge in [-0.2, -0.15) is 0 Å². The Morgan fingerprint density at radius 3 is 2.56 bits per heavy atom. The molecule has 0 saturated carbocycles. The summed E-state index contributed by atoms with van der Waals surface area (Å²) < 4.78 is 1.95. The Bertz CT molecular complexity index is 543. The number of benzene rings is 1. The number of carboxylic acid groups (broad SMARTS) is 1. The summed E-state index contributed by atoms with van der Waals surface area (Å²) >= 11 is 0. The van der Waals surface area contributed by atoms with Crippen LogP contribution in [0.1, 0.15) is 12.5 Å². The van der Waals surface area contributed by atoms with Crippen molar-refractivity contribution in [3.05, 3.63) is 42.4 Å². The van der Waals surface area contributed by atoms with Crippen LogP contribution < -0.4 is 0 Å². The lowest BCUT2D eigenvalue weighted by Gasteiger charge is -2.07. The van der Waals surface area contributed by atoms with E-state index in [1.54, 1.807) is 13.3 Å². The van der Waals surface area contributed by atoms with Gasteiger partial charge in [-0.15, -0.1) is 0 Å². The number of hydrogen-bond donors (Lipinski definition) is 1. The van der Waals surface area contributed by atoms with Crippen molar-refractivity contribution in [1.82, 2.24) is 9.55 Å². The maximum atomic E-state index is 10.8. The molecule has 0 amide bonds. The molecule has 0 aliphatic carbocycles. The predicted molar refractivity (Wildman–Crippen MR) is 69.1 cm³/mol. The van der Waals surface area contributed by atoms with Gasteiger partial charge in [0, 0.05) is 7.05 Å². The first-order valence-corrected chi connectivity index (χ1v) is 5.86. The van der Waals surface area contributed by atoms with Crippen LogP contribution in [0.3, 0.4) is 0 Å². The molecule has 1 heterocycles. The molecule has 1 aromatic carbocycles. The number of imidazole rings is 1. The molecule has 18 heavy (non-hydrogen) atoms. The van der Waals surface area contributed by atoms with Gasteiger partial charge in [0.05, 0.1) is 24.1 Å². The molecular weight excluding hydrogens is 228 g/mol. The molecule has 0 aliphatic rings. The van der Waals surface area contributed by atoms with Crippen molar-refractivity contribution < 1.29 is 9.90 Å². The van der Waals surface area contributed by atoms with Crippen molar-refractivity contribution in [1.29, 1.82) is 0 Å². The zero-order valence-electron chi connectivity index (χ0n) is 10.5. The molecule has 4 heteroatoms. The number of nitrogens with zero attached hydrogens (tertiary/aromatic N) is 2. The second-order valence-electron chi connectivity index (χ2n) is 4.53. The fraction of sp³-hybridized carbons (Fsp3) is 0.286. The van der Waals surface area contributed by atoms with E-state index in [0.29, 0.717) is 6.42 Å². The topological polar surface area (TPSA) is 55.1 Å². The number of carboxylic acids is 1. The van der Waals surface area contributed by atoms with Crippen molar-refractivity contribution in [2.24, 2.45) is 13.0 Å². The number of aryl methyl sites for hydroxylation is 1. The van der Waals surface area contributed by atoms with Crippen LogP contribution in [0, 0.1) is 5.92 Å². The van der Waals surface area contributed by atoms with Crippen LogP contribution in [0.15, 0.2) is 36.8 Å². The van der Waals surface area contributed by atoms with E-state index in [9.17, 15) is 4.79 Å². The van der Waals surface area contributed by atoms with Crippen LogP contribution in [0.2, 0.25) is 0 Å². The first-order valence-electron chi connectivity index (χ1n) is 5.86. The second kappa shape index (κ2) is 5.04. The Morgan fingerprint density at radius 2 is 2.06 bits per heavy atom. The first kappa shape index (κ1) is 12.4. The number of aromatic nitrogens is 2. The molecule has 1 aromatic heterocycles. The number of hydrogen-bond acceptors (Lipinski definition) is 2. The molecule has 1 atom stereocenters. The molecule has 1 N–H and O–H groups in total. The molecule has 94 valence electrons. The van der Waals surface area contributed by atoms with Crippen molar-refractivity contribution in [3.8, 4) is 11.3 Å². The molecule has 0 radical (unpaired) electrons. The van der Waals surface area contributed by atoms with Crippen LogP contribution in [-0.2, 0) is 18.3 Å². The highest BCUT2D eigenvalue weighted by molar-refractivity contribution is 5.70. The summed E-state index contributed by atoms with van der Waals surface area (Å²) in [5.74, 6) is -1.11. The summed E-state index contributed by atoms with van der Waals surface area (Å²) in [6.45, 7) is 1.72. The average Bonchev–Trinajstić information content (AvgIpc) is 2.76. The van der Waals surface area contributed by atoms with Crippen LogP contribution in [0.25, 0.3) is 11.3 Å². The van der Waals surface area contributed by atoms with Crippen LogP contribution in [0.5, 0.6) is 0 Å². The third kappa shape index (κ3) is 2.59. The monoisotopic (exact) mass is 244 g/mol. The normalized spacial score (nSPS) is 12.3. The zero-order valence-corrected chi connectivity index (χ0v) is 10.5. The maximum Gasteiger partial charge on any atom is 0.306 e. The highest BCUT2D eigenvalue weighted by Gasteiger charge is 2.11. The van der Waals surface area contributed by atoms with Crippen molar-refractivity contribution in [2.45, 2.75) is 13.3 Å². The van der Waals surface area contributed by atoms with Gasteiger partial charge in [0.2, 0.25) is 0 Å². The molecule has 0 fully saturated rings. The molecule has 0 saturated heterocycles. The number of carbonyl (C=O) groups is 1. The quantitative estimate of drug-likeness (QED) is 0.898. The summed E-state index contributed by atoms with van der Waals surface area (Å²) in [6, 6.07) is 7.95. The van der Waals surface area contributed by atoms with Crippen molar-refractivity contribution in [3.63, 3.8) is 0 Å². The van der Waals surface area contributed by atoms with Crippen LogP contribution >= 0.6 is 0 Å². The summed E-state index contributed by atoms with van der Waals surface area (Å²) in [4.78, 5) is 14.9. The van der Waals surface area contributed by atoms with Gasteiger partial charge >= 0.3 is 5.97 Å². The lowest BCUT2D eigenvalue weighted by atomic mass is 10.00. The minimum Gasteiger partial charge on any atom is -0.481 e. The Balaban J connectivity index is 2.16. The van der Waals surface area contributed by atoms with Crippen LogP contribution in [0.4, 0.5) is 0 Å². The largest absolute Gasteiger partial charge is 0.481 e. The van der Waals surface area contributed by atoms with Gasteiger partial charge in [0.1, 0.15) is 0 Å². The Hall–Kier alpha value is -2.10. The lowest BCUT2D eigenvalue weighted by molar-refractivity contribution is -0.141. The third-order valence-corrected chi connectivity index (χ3v) is 3.03. The highest BCUT2D eigenvalue weighted by Crippen LogP contribution is 2.19. The fourth-order valence-electron chi connectivity index (χ4n) is 1.89. The SMILES string of the molecule is CC(Cc1ccc(-c2cncn2C)cc1)C(=O)O. The van der Waals surface area contributed by atoms with E-state index in [-0.39, 0.29) is 5.92 Å². The van der Waals surface area contributed by atoms with Gasteiger partial charge in [0.25, 0.3) is 0 Å². The van der Waals surface area contributed by atoms with Crippen LogP contribution in [-0.4, -0.2) is 20.6 Å². The second-order valence-corrected chi connectivity index (χ2v) is 4.53. The molecular formula is C14H16N2O2. The van der Waals surface area contributed by atoms with E-state index >= 15 is 0 Å². The fourth-order valence-corrected chi connectivity index (χ4v) is 1.89. The Kier molecular flexibility index (Phi) is 3.46. The molecule has 4 nitrogen and oxygen atoms in total. The minimum absolute atomic E-state index is 0.354. The standard InChI is InChI=1S/C14H16N2O2/c1-10(14(17)18)7-11-3-5-12(6-4-11)13-8-15-9-16(13)2/h3-6,8-10H,7H2,1-2H3,(H,17,18). The highest BCUT2D eigenvalue weighted by atomic mass is 16.4. The third-order valence-electron chi connectivity index (χ3n) is 3.03. The zero-order chi connectivity index (χ0) is 13.1. The molecule has 2 aromatic rings. The van der Waals surface area contributed by atoms with Gasteiger partial charge in [-0.05, 0) is 17.5 Å². The molecule has 0 aliphatic heterocycles. The van der Waals surface area contributed by atoms with Gasteiger partial charge in [-0.1, -0.05) is 31.2 Å². The molecule has 1 unspecified atom stereocenters. The average molecular weight is 244 g/mol. The molecule has 0 spiro atoms. The van der Waals surface area contributed by atoms with E-state index < -0.39 is 5.97 Å². The summed E-state index contributed by atoms with van der Waals surface area (Å²) in [6.07, 6.45) is 4.13. The van der Waals surface area contributed by atoms with Gasteiger partial charge in [-0.25, -0.2) is 4.98 Å². The molecule has 0 bridgehead atoms. The van der Waals surface area contributed by atoms with E-state index in [0.717, 1.165) is 16.8 Å². The lowest BCUT2D eigenvalue weighted by Crippen LogP contribution is -2.12. The van der Waals surface area contributed by atoms with E-state index in [4.69, 9.17) is 5.11 Å². The summed E-state index contributed by atoms with van der Waals surface area (Å²) in [5, 5.41) is 8.87. The Morgan fingerprint density at radius 1 is 1.39 bits per heavy atom. The number of rotatable bonds is 4. The Labute approximate surface area is 106 Å². The van der Waals surface area contributed by atoms with E-state index in [2.05, 4.69) is 4.98 Å². The minimum atomic E-state index is -0.759. The van der Waals surface area contributed by atoms with E-state index in [1.165, 1.54) is 0 Å². The first-order chi connectivity index (χ1) is 8.58. The smallest absolute Gasteiger partial charge is 0.306 e. The van der Waals surface area contributed by atoms with E-state index in [1.807, 2.05) is 42.1 Å². The van der Waals surface area contributed by atoms with Crippen molar-refractivity contribution in [2.75, 3.05) is 0 Å². The summed E-state index contributed by atoms with van der Waals surface area (Å²) in [7, 11) is 1.95. The van der Waals surface area contributed by atoms with Crippen molar-refractivity contribution >= 4 is 5.97 Å². The summed E-state index contributed by atoms with van der Waals surface area (Å²) in [5.41, 5.74) is 3.17. The van der Waals surface area contributed by atoms with Gasteiger partial charge < -0.3 is 9.67 Å². The van der Waals surface area contributed by atoms with Gasteiger partial charge in [-0.3, -0.25) is 4.79 Å². The van der Waals surface area contributed by atoms with Gasteiger partial charge in [0.15, 0.2) is 0 Å². The maximum absolute atomic E-state index is 10.8. The predicted octanol–water partition coefficient (Wildman–Crippen LogP) is 2.35. The number of aliphatic carboxylic acids is 1.